The quantitative estimate of drug-likeness (QED) is 0.361. The van der Waals surface area contributed by atoms with Gasteiger partial charge in [-0.25, -0.2) is 9.97 Å². The minimum Gasteiger partial charge on any atom is -0.370 e. The maximum absolute atomic E-state index is 12.5. The smallest absolute Gasteiger partial charge is 0.370 e. The highest BCUT2D eigenvalue weighted by molar-refractivity contribution is 7.11. The molecule has 0 fully saturated rings. The molecule has 0 unspecified atom stereocenters. The fraction of sp³-hybridized carbons (Fsp3) is 0.471. The Morgan fingerprint density at radius 3 is 2.48 bits per heavy atom. The van der Waals surface area contributed by atoms with E-state index in [4.69, 9.17) is 0 Å². The fourth-order valence-corrected chi connectivity index (χ4v) is 2.99. The van der Waals surface area contributed by atoms with Gasteiger partial charge in [-0.3, -0.25) is 4.99 Å². The number of anilines is 1. The lowest BCUT2D eigenvalue weighted by Crippen LogP contribution is -2.39. The van der Waals surface area contributed by atoms with Gasteiger partial charge in [-0.2, -0.15) is 13.2 Å². The SMILES string of the molecule is CN=C(NCCCNc1ccc(C(F)(F)F)cn1)NCCc1ncc(C)s1. The van der Waals surface area contributed by atoms with Gasteiger partial charge < -0.3 is 16.0 Å². The third kappa shape index (κ3) is 7.41. The monoisotopic (exact) mass is 400 g/mol. The van der Waals surface area contributed by atoms with Crippen LogP contribution in [0.4, 0.5) is 19.0 Å². The maximum atomic E-state index is 12.5. The average molecular weight is 400 g/mol. The molecule has 0 saturated carbocycles. The third-order valence-electron chi connectivity index (χ3n) is 3.57. The van der Waals surface area contributed by atoms with E-state index >= 15 is 0 Å². The van der Waals surface area contributed by atoms with Gasteiger partial charge in [-0.15, -0.1) is 11.3 Å². The highest BCUT2D eigenvalue weighted by Gasteiger charge is 2.30. The lowest BCUT2D eigenvalue weighted by atomic mass is 10.3. The van der Waals surface area contributed by atoms with Gasteiger partial charge in [0.25, 0.3) is 0 Å². The average Bonchev–Trinajstić information content (AvgIpc) is 3.04. The summed E-state index contributed by atoms with van der Waals surface area (Å²) in [4.78, 5) is 13.4. The lowest BCUT2D eigenvalue weighted by Gasteiger charge is -2.12. The van der Waals surface area contributed by atoms with Gasteiger partial charge in [-0.1, -0.05) is 0 Å². The number of hydrogen-bond donors (Lipinski definition) is 3. The molecule has 0 saturated heterocycles. The fourth-order valence-electron chi connectivity index (χ4n) is 2.20. The van der Waals surface area contributed by atoms with Crippen LogP contribution in [-0.4, -0.2) is 42.6 Å². The number of rotatable bonds is 8. The van der Waals surface area contributed by atoms with Crippen molar-refractivity contribution in [2.45, 2.75) is 25.9 Å². The molecular formula is C17H23F3N6S. The normalized spacial score (nSPS) is 12.1. The highest BCUT2D eigenvalue weighted by atomic mass is 32.1. The molecule has 0 amide bonds. The molecule has 0 aliphatic carbocycles. The molecule has 0 bridgehead atoms. The summed E-state index contributed by atoms with van der Waals surface area (Å²) in [6.45, 7) is 4.02. The molecule has 10 heteroatoms. The van der Waals surface area contributed by atoms with Gasteiger partial charge in [0.05, 0.1) is 10.6 Å². The van der Waals surface area contributed by atoms with Crippen LogP contribution in [0.5, 0.6) is 0 Å². The van der Waals surface area contributed by atoms with Crippen LogP contribution in [-0.2, 0) is 12.6 Å². The number of guanidine groups is 1. The number of aromatic nitrogens is 2. The predicted molar refractivity (Wildman–Crippen MR) is 102 cm³/mol. The van der Waals surface area contributed by atoms with Crippen molar-refractivity contribution in [2.75, 3.05) is 32.0 Å². The van der Waals surface area contributed by atoms with E-state index in [1.807, 2.05) is 13.1 Å². The highest BCUT2D eigenvalue weighted by Crippen LogP contribution is 2.28. The molecule has 148 valence electrons. The van der Waals surface area contributed by atoms with Crippen LogP contribution < -0.4 is 16.0 Å². The molecule has 0 aliphatic heterocycles. The largest absolute Gasteiger partial charge is 0.417 e. The number of halogens is 3. The van der Waals surface area contributed by atoms with Crippen LogP contribution in [0.3, 0.4) is 0 Å². The number of alkyl halides is 3. The molecule has 3 N–H and O–H groups in total. The van der Waals surface area contributed by atoms with Crippen LogP contribution in [0, 0.1) is 6.92 Å². The Morgan fingerprint density at radius 2 is 1.89 bits per heavy atom. The Kier molecular flexibility index (Phi) is 7.83. The van der Waals surface area contributed by atoms with Gasteiger partial charge in [-0.05, 0) is 25.5 Å². The Bertz CT molecular complexity index is 727. The predicted octanol–water partition coefficient (Wildman–Crippen LogP) is 3.08. The number of nitrogens with zero attached hydrogens (tertiary/aromatic N) is 3. The number of aliphatic imine (C=N–C) groups is 1. The summed E-state index contributed by atoms with van der Waals surface area (Å²) in [6, 6.07) is 2.35. The number of pyridine rings is 1. The van der Waals surface area contributed by atoms with Crippen molar-refractivity contribution in [1.29, 1.82) is 0 Å². The summed E-state index contributed by atoms with van der Waals surface area (Å²) in [6.07, 6.45) is -0.0754. The van der Waals surface area contributed by atoms with Gasteiger partial charge in [0.2, 0.25) is 0 Å². The summed E-state index contributed by atoms with van der Waals surface area (Å²) in [7, 11) is 1.70. The molecule has 2 aromatic heterocycles. The first-order valence-electron chi connectivity index (χ1n) is 8.51. The van der Waals surface area contributed by atoms with Crippen LogP contribution in [0.15, 0.2) is 29.5 Å². The Labute approximate surface area is 160 Å². The van der Waals surface area contributed by atoms with E-state index in [0.717, 1.165) is 36.7 Å². The molecule has 2 aromatic rings. The van der Waals surface area contributed by atoms with E-state index in [2.05, 4.69) is 30.9 Å². The zero-order valence-corrected chi connectivity index (χ0v) is 16.0. The molecule has 0 atom stereocenters. The summed E-state index contributed by atoms with van der Waals surface area (Å²) in [5, 5.41) is 10.5. The van der Waals surface area contributed by atoms with Crippen LogP contribution >= 0.6 is 11.3 Å². The molecular weight excluding hydrogens is 377 g/mol. The minimum absolute atomic E-state index is 0.421. The lowest BCUT2D eigenvalue weighted by molar-refractivity contribution is -0.137. The van der Waals surface area contributed by atoms with E-state index in [1.54, 1.807) is 18.4 Å². The first-order chi connectivity index (χ1) is 12.9. The van der Waals surface area contributed by atoms with E-state index in [9.17, 15) is 13.2 Å². The second-order valence-corrected chi connectivity index (χ2v) is 7.07. The van der Waals surface area contributed by atoms with Crippen molar-refractivity contribution in [3.63, 3.8) is 0 Å². The van der Waals surface area contributed by atoms with Crippen molar-refractivity contribution in [3.8, 4) is 0 Å². The van der Waals surface area contributed by atoms with E-state index in [0.29, 0.717) is 24.9 Å². The van der Waals surface area contributed by atoms with Crippen molar-refractivity contribution in [2.24, 2.45) is 4.99 Å². The zero-order valence-electron chi connectivity index (χ0n) is 15.2. The molecule has 0 radical (unpaired) electrons. The van der Waals surface area contributed by atoms with Crippen LogP contribution in [0.2, 0.25) is 0 Å². The van der Waals surface area contributed by atoms with Crippen molar-refractivity contribution >= 4 is 23.1 Å². The standard InChI is InChI=1S/C17H23F3N6S/c1-12-10-26-15(27-12)6-9-24-16(21-2)23-8-3-7-22-14-5-4-13(11-25-14)17(18,19)20/h4-5,10-11H,3,6-9H2,1-2H3,(H,22,25)(H2,21,23,24). The Balaban J connectivity index is 1.60. The van der Waals surface area contributed by atoms with E-state index in [1.165, 1.54) is 10.9 Å². The minimum atomic E-state index is -4.36. The topological polar surface area (TPSA) is 74.2 Å². The summed E-state index contributed by atoms with van der Waals surface area (Å²) < 4.78 is 37.4. The third-order valence-corrected chi connectivity index (χ3v) is 4.54. The molecule has 27 heavy (non-hydrogen) atoms. The number of nitrogens with one attached hydrogen (secondary N) is 3. The zero-order chi connectivity index (χ0) is 19.7. The molecule has 6 nitrogen and oxygen atoms in total. The van der Waals surface area contributed by atoms with Gasteiger partial charge in [0.15, 0.2) is 5.96 Å². The summed E-state index contributed by atoms with van der Waals surface area (Å²) >= 11 is 1.68. The van der Waals surface area contributed by atoms with Gasteiger partial charge in [0.1, 0.15) is 5.82 Å². The number of aryl methyl sites for hydroxylation is 1. The van der Waals surface area contributed by atoms with Gasteiger partial charge in [0, 0.05) is 50.4 Å². The Morgan fingerprint density at radius 1 is 1.11 bits per heavy atom. The van der Waals surface area contributed by atoms with Crippen molar-refractivity contribution in [1.82, 2.24) is 20.6 Å². The Hall–Kier alpha value is -2.36. The molecule has 0 aliphatic rings. The van der Waals surface area contributed by atoms with Crippen LogP contribution in [0.1, 0.15) is 21.9 Å². The van der Waals surface area contributed by atoms with Crippen LogP contribution in [0.25, 0.3) is 0 Å². The van der Waals surface area contributed by atoms with Crippen molar-refractivity contribution < 1.29 is 13.2 Å². The number of thiazole rings is 1. The maximum Gasteiger partial charge on any atom is 0.417 e. The van der Waals surface area contributed by atoms with E-state index < -0.39 is 11.7 Å². The molecule has 0 aromatic carbocycles. The summed E-state index contributed by atoms with van der Waals surface area (Å²) in [5.74, 6) is 1.13. The van der Waals surface area contributed by atoms with E-state index in [-0.39, 0.29) is 0 Å². The first kappa shape index (κ1) is 20.9. The molecule has 2 heterocycles. The first-order valence-corrected chi connectivity index (χ1v) is 9.33. The second kappa shape index (κ2) is 10.1. The molecule has 2 rings (SSSR count). The molecule has 0 spiro atoms. The van der Waals surface area contributed by atoms with Crippen molar-refractivity contribution in [3.05, 3.63) is 40.0 Å². The second-order valence-electron chi connectivity index (χ2n) is 5.75. The van der Waals surface area contributed by atoms with Gasteiger partial charge >= 0.3 is 6.18 Å². The summed E-state index contributed by atoms with van der Waals surface area (Å²) in [5.41, 5.74) is -0.752. The number of hydrogen-bond acceptors (Lipinski definition) is 5.